The van der Waals surface area contributed by atoms with Gasteiger partial charge in [0.05, 0.1) is 23.8 Å². The van der Waals surface area contributed by atoms with E-state index in [1.807, 2.05) is 37.3 Å². The molecule has 3 aromatic rings. The van der Waals surface area contributed by atoms with Gasteiger partial charge in [0.2, 0.25) is 0 Å². The molecule has 1 amide bonds. The molecule has 0 unspecified atom stereocenters. The molecule has 0 spiro atoms. The Balaban J connectivity index is 1.53. The highest BCUT2D eigenvalue weighted by Gasteiger charge is 2.28. The van der Waals surface area contributed by atoms with Crippen molar-refractivity contribution < 1.29 is 14.1 Å². The summed E-state index contributed by atoms with van der Waals surface area (Å²) in [6.07, 6.45) is 2.92. The van der Waals surface area contributed by atoms with E-state index in [0.29, 0.717) is 41.2 Å². The average molecular weight is 351 g/mol. The normalized spacial score (nSPS) is 13.8. The summed E-state index contributed by atoms with van der Waals surface area (Å²) in [5, 5.41) is 7.68. The van der Waals surface area contributed by atoms with E-state index in [1.54, 1.807) is 7.11 Å². The van der Waals surface area contributed by atoms with Crippen LogP contribution in [-0.4, -0.2) is 29.7 Å². The molecule has 0 radical (unpaired) electrons. The highest BCUT2D eigenvalue weighted by atomic mass is 16.5. The predicted octanol–water partition coefficient (Wildman–Crippen LogP) is 3.39. The Kier molecular flexibility index (Phi) is 4.32. The van der Waals surface area contributed by atoms with Gasteiger partial charge in [-0.3, -0.25) is 4.79 Å². The Morgan fingerprint density at radius 3 is 2.92 bits per heavy atom. The average Bonchev–Trinajstić information content (AvgIpc) is 3.45. The zero-order chi connectivity index (χ0) is 18.1. The van der Waals surface area contributed by atoms with Crippen molar-refractivity contribution in [2.24, 2.45) is 0 Å². The summed E-state index contributed by atoms with van der Waals surface area (Å²) >= 11 is 0. The van der Waals surface area contributed by atoms with Crippen LogP contribution in [0.3, 0.4) is 0 Å². The molecule has 1 N–H and O–H groups in total. The Labute approximate surface area is 151 Å². The van der Waals surface area contributed by atoms with E-state index in [-0.39, 0.29) is 5.91 Å². The lowest BCUT2D eigenvalue weighted by Gasteiger charge is -2.10. The second-order valence-corrected chi connectivity index (χ2v) is 6.63. The monoisotopic (exact) mass is 351 g/mol. The van der Waals surface area contributed by atoms with E-state index in [9.17, 15) is 4.79 Å². The highest BCUT2D eigenvalue weighted by molar-refractivity contribution is 6.06. The van der Waals surface area contributed by atoms with Gasteiger partial charge >= 0.3 is 0 Å². The van der Waals surface area contributed by atoms with Crippen molar-refractivity contribution in [3.8, 4) is 5.75 Å². The number of para-hydroxylation sites is 1. The number of hydrogen-bond donors (Lipinski definition) is 1. The lowest BCUT2D eigenvalue weighted by atomic mass is 10.1. The van der Waals surface area contributed by atoms with Crippen LogP contribution in [0.25, 0.3) is 11.1 Å². The molecule has 2 aromatic heterocycles. The van der Waals surface area contributed by atoms with Crippen LogP contribution in [-0.2, 0) is 6.42 Å². The van der Waals surface area contributed by atoms with Gasteiger partial charge in [-0.1, -0.05) is 23.4 Å². The van der Waals surface area contributed by atoms with Crippen molar-refractivity contribution >= 4 is 17.0 Å². The first-order valence-electron chi connectivity index (χ1n) is 8.84. The number of ether oxygens (including phenoxy) is 1. The molecular formula is C20H21N3O3. The molecular weight excluding hydrogens is 330 g/mol. The summed E-state index contributed by atoms with van der Waals surface area (Å²) in [7, 11) is 1.65. The van der Waals surface area contributed by atoms with Gasteiger partial charge in [-0.15, -0.1) is 0 Å². The zero-order valence-corrected chi connectivity index (χ0v) is 14.9. The van der Waals surface area contributed by atoms with Crippen LogP contribution >= 0.6 is 0 Å². The van der Waals surface area contributed by atoms with Gasteiger partial charge in [0.25, 0.3) is 11.6 Å². The number of amides is 1. The fourth-order valence-electron chi connectivity index (χ4n) is 3.20. The third-order valence-corrected chi connectivity index (χ3v) is 4.75. The van der Waals surface area contributed by atoms with Gasteiger partial charge in [0.1, 0.15) is 5.75 Å². The maximum atomic E-state index is 12.8. The number of carbonyl (C=O) groups is 1. The molecule has 0 aliphatic heterocycles. The number of pyridine rings is 1. The van der Waals surface area contributed by atoms with Crippen molar-refractivity contribution in [3.05, 3.63) is 52.8 Å². The van der Waals surface area contributed by atoms with Crippen LogP contribution in [0, 0.1) is 6.92 Å². The highest BCUT2D eigenvalue weighted by Crippen LogP contribution is 2.40. The van der Waals surface area contributed by atoms with Crippen molar-refractivity contribution in [1.82, 2.24) is 15.5 Å². The van der Waals surface area contributed by atoms with E-state index in [1.165, 1.54) is 0 Å². The number of aryl methyl sites for hydroxylation is 1. The SMILES string of the molecule is COc1ccccc1CCNC(=O)c1cc(C2CC2)nc2onc(C)c12. The minimum atomic E-state index is -0.125. The van der Waals surface area contributed by atoms with Crippen molar-refractivity contribution in [2.75, 3.05) is 13.7 Å². The first-order chi connectivity index (χ1) is 12.7. The predicted molar refractivity (Wildman–Crippen MR) is 97.5 cm³/mol. The van der Waals surface area contributed by atoms with E-state index in [2.05, 4.69) is 15.5 Å². The number of rotatable bonds is 6. The first-order valence-corrected chi connectivity index (χ1v) is 8.84. The van der Waals surface area contributed by atoms with Crippen molar-refractivity contribution in [3.63, 3.8) is 0 Å². The fraction of sp³-hybridized carbons (Fsp3) is 0.350. The summed E-state index contributed by atoms with van der Waals surface area (Å²) in [5.74, 6) is 1.14. The third-order valence-electron chi connectivity index (χ3n) is 4.75. The minimum absolute atomic E-state index is 0.125. The van der Waals surface area contributed by atoms with E-state index < -0.39 is 0 Å². The molecule has 1 aliphatic rings. The summed E-state index contributed by atoms with van der Waals surface area (Å²) in [5.41, 5.74) is 3.71. The number of nitrogens with one attached hydrogen (secondary N) is 1. The summed E-state index contributed by atoms with van der Waals surface area (Å²) in [6, 6.07) is 9.72. The Morgan fingerprint density at radius 2 is 2.15 bits per heavy atom. The van der Waals surface area contributed by atoms with Gasteiger partial charge in [-0.05, 0) is 43.9 Å². The molecule has 6 nitrogen and oxygen atoms in total. The second-order valence-electron chi connectivity index (χ2n) is 6.63. The maximum absolute atomic E-state index is 12.8. The van der Waals surface area contributed by atoms with Crippen LogP contribution in [0.1, 0.15) is 46.1 Å². The van der Waals surface area contributed by atoms with E-state index in [4.69, 9.17) is 9.26 Å². The summed E-state index contributed by atoms with van der Waals surface area (Å²) in [4.78, 5) is 17.3. The molecule has 1 saturated carbocycles. The van der Waals surface area contributed by atoms with Crippen LogP contribution in [0.5, 0.6) is 5.75 Å². The number of hydrogen-bond acceptors (Lipinski definition) is 5. The fourth-order valence-corrected chi connectivity index (χ4v) is 3.20. The van der Waals surface area contributed by atoms with Gasteiger partial charge in [-0.25, -0.2) is 4.98 Å². The molecule has 6 heteroatoms. The largest absolute Gasteiger partial charge is 0.496 e. The van der Waals surface area contributed by atoms with Crippen LogP contribution in [0.4, 0.5) is 0 Å². The summed E-state index contributed by atoms with van der Waals surface area (Å²) in [6.45, 7) is 2.35. The number of aromatic nitrogens is 2. The minimum Gasteiger partial charge on any atom is -0.496 e. The van der Waals surface area contributed by atoms with Crippen molar-refractivity contribution in [2.45, 2.75) is 32.1 Å². The number of methoxy groups -OCH3 is 1. The van der Waals surface area contributed by atoms with Gasteiger partial charge in [-0.2, -0.15) is 0 Å². The number of fused-ring (bicyclic) bond motifs is 1. The zero-order valence-electron chi connectivity index (χ0n) is 14.9. The summed E-state index contributed by atoms with van der Waals surface area (Å²) < 4.78 is 10.7. The van der Waals surface area contributed by atoms with Crippen LogP contribution in [0.15, 0.2) is 34.9 Å². The molecule has 0 bridgehead atoms. The molecule has 0 atom stereocenters. The quantitative estimate of drug-likeness (QED) is 0.736. The topological polar surface area (TPSA) is 77.2 Å². The molecule has 4 rings (SSSR count). The Hall–Kier alpha value is -2.89. The van der Waals surface area contributed by atoms with E-state index >= 15 is 0 Å². The molecule has 1 fully saturated rings. The molecule has 1 aliphatic carbocycles. The maximum Gasteiger partial charge on any atom is 0.259 e. The molecule has 1 aromatic carbocycles. The lowest BCUT2D eigenvalue weighted by molar-refractivity contribution is 0.0955. The van der Waals surface area contributed by atoms with E-state index in [0.717, 1.165) is 29.8 Å². The van der Waals surface area contributed by atoms with Crippen LogP contribution < -0.4 is 10.1 Å². The smallest absolute Gasteiger partial charge is 0.259 e. The Bertz CT molecular complexity index is 960. The molecule has 134 valence electrons. The second kappa shape index (κ2) is 6.78. The lowest BCUT2D eigenvalue weighted by Crippen LogP contribution is -2.26. The number of nitrogens with zero attached hydrogens (tertiary/aromatic N) is 2. The molecule has 2 heterocycles. The third kappa shape index (κ3) is 3.14. The van der Waals surface area contributed by atoms with Crippen LogP contribution in [0.2, 0.25) is 0 Å². The van der Waals surface area contributed by atoms with Gasteiger partial charge < -0.3 is 14.6 Å². The van der Waals surface area contributed by atoms with Crippen molar-refractivity contribution in [1.29, 1.82) is 0 Å². The number of benzene rings is 1. The van der Waals surface area contributed by atoms with Gasteiger partial charge in [0.15, 0.2) is 0 Å². The Morgan fingerprint density at radius 1 is 1.35 bits per heavy atom. The number of carbonyl (C=O) groups excluding carboxylic acids is 1. The standard InChI is InChI=1S/C20H21N3O3/c1-12-18-15(11-16(13-7-8-13)22-20(18)26-23-12)19(24)21-10-9-14-5-3-4-6-17(14)25-2/h3-6,11,13H,7-10H2,1-2H3,(H,21,24). The van der Waals surface area contributed by atoms with Gasteiger partial charge in [0, 0.05) is 18.2 Å². The molecule has 26 heavy (non-hydrogen) atoms. The first kappa shape index (κ1) is 16.6. The molecule has 0 saturated heterocycles.